The van der Waals surface area contributed by atoms with Crippen LogP contribution in [0.4, 0.5) is 14.6 Å². The molecule has 1 aromatic carbocycles. The van der Waals surface area contributed by atoms with Gasteiger partial charge in [-0.05, 0) is 55.6 Å². The molecule has 0 saturated heterocycles. The van der Waals surface area contributed by atoms with E-state index in [1.165, 1.54) is 43.7 Å². The lowest BCUT2D eigenvalue weighted by Gasteiger charge is -2.17. The second-order valence-corrected chi connectivity index (χ2v) is 9.87. The van der Waals surface area contributed by atoms with Gasteiger partial charge in [0, 0.05) is 49.4 Å². The highest BCUT2D eigenvalue weighted by Crippen LogP contribution is 2.30. The summed E-state index contributed by atoms with van der Waals surface area (Å²) in [7, 11) is 0.781. The molecule has 0 atom stereocenters. The minimum Gasteiger partial charge on any atom is -0.436 e. The third kappa shape index (κ3) is 5.90. The molecule has 4 rings (SSSR count). The van der Waals surface area contributed by atoms with Crippen molar-refractivity contribution < 1.29 is 26.4 Å². The van der Waals surface area contributed by atoms with Gasteiger partial charge in [0.25, 0.3) is 16.1 Å². The average Bonchev–Trinajstić information content (AvgIpc) is 2.84. The molecule has 4 aromatic rings. The van der Waals surface area contributed by atoms with Crippen molar-refractivity contribution in [2.75, 3.05) is 25.9 Å². The Labute approximate surface area is 211 Å². The molecule has 0 bridgehead atoms. The first kappa shape index (κ1) is 26.1. The van der Waals surface area contributed by atoms with Crippen molar-refractivity contribution in [2.45, 2.75) is 13.0 Å². The molecule has 3 heterocycles. The summed E-state index contributed by atoms with van der Waals surface area (Å²) in [4.78, 5) is 22.5. The molecule has 10 nitrogen and oxygen atoms in total. The predicted molar refractivity (Wildman–Crippen MR) is 133 cm³/mol. The van der Waals surface area contributed by atoms with Crippen LogP contribution in [0.3, 0.4) is 0 Å². The number of halogens is 2. The first-order valence-electron chi connectivity index (χ1n) is 10.9. The second kappa shape index (κ2) is 10.6. The molecule has 0 aliphatic heterocycles. The van der Waals surface area contributed by atoms with Crippen LogP contribution in [0.15, 0.2) is 58.0 Å². The molecule has 0 spiro atoms. The highest BCUT2D eigenvalue weighted by molar-refractivity contribution is 7.90. The minimum atomic E-state index is -4.00. The first-order valence-corrected chi connectivity index (χ1v) is 12.4. The first-order chi connectivity index (χ1) is 17.6. The van der Waals surface area contributed by atoms with Crippen LogP contribution < -0.4 is 19.8 Å². The summed E-state index contributed by atoms with van der Waals surface area (Å²) in [5.74, 6) is -2.10. The van der Waals surface area contributed by atoms with E-state index < -0.39 is 33.3 Å². The molecular weight excluding hydrogens is 508 g/mol. The number of nitrogens with zero attached hydrogens (tertiary/aromatic N) is 3. The Hall–Kier alpha value is -3.94. The average molecular weight is 532 g/mol. The largest absolute Gasteiger partial charge is 0.436 e. The van der Waals surface area contributed by atoms with Gasteiger partial charge >= 0.3 is 5.63 Å². The van der Waals surface area contributed by atoms with Gasteiger partial charge in [0.05, 0.1) is 0 Å². The number of anilines is 1. The van der Waals surface area contributed by atoms with Gasteiger partial charge in [0.2, 0.25) is 0 Å². The number of hydrogen-bond donors (Lipinski definition) is 2. The number of hydrogen-bond acceptors (Lipinski definition) is 8. The van der Waals surface area contributed by atoms with Gasteiger partial charge in [-0.2, -0.15) is 8.42 Å². The zero-order valence-corrected chi connectivity index (χ0v) is 20.9. The molecule has 0 unspecified atom stereocenters. The van der Waals surface area contributed by atoms with E-state index in [0.717, 1.165) is 0 Å². The van der Waals surface area contributed by atoms with Crippen molar-refractivity contribution in [1.29, 1.82) is 0 Å². The van der Waals surface area contributed by atoms with Crippen LogP contribution in [-0.4, -0.2) is 44.4 Å². The fourth-order valence-corrected chi connectivity index (χ4v) is 4.14. The third-order valence-electron chi connectivity index (χ3n) is 5.34. The van der Waals surface area contributed by atoms with Gasteiger partial charge in [0.15, 0.2) is 17.5 Å². The van der Waals surface area contributed by atoms with Crippen LogP contribution in [0.5, 0.6) is 11.6 Å². The van der Waals surface area contributed by atoms with Crippen molar-refractivity contribution in [3.8, 4) is 11.6 Å². The summed E-state index contributed by atoms with van der Waals surface area (Å²) < 4.78 is 67.7. The molecule has 0 aliphatic carbocycles. The molecule has 0 aliphatic rings. The van der Waals surface area contributed by atoms with E-state index in [1.54, 1.807) is 12.1 Å². The van der Waals surface area contributed by atoms with Crippen LogP contribution in [0, 0.1) is 11.6 Å². The zero-order chi connectivity index (χ0) is 26.7. The summed E-state index contributed by atoms with van der Waals surface area (Å²) in [5, 5.41) is 0.572. The Bertz CT molecular complexity index is 1630. The molecule has 13 heteroatoms. The van der Waals surface area contributed by atoms with Gasteiger partial charge < -0.3 is 14.1 Å². The Morgan fingerprint density at radius 2 is 1.86 bits per heavy atom. The van der Waals surface area contributed by atoms with Gasteiger partial charge in [-0.3, -0.25) is 4.72 Å². The van der Waals surface area contributed by atoms with Gasteiger partial charge in [-0.25, -0.2) is 28.3 Å². The minimum absolute atomic E-state index is 0.0426. The predicted octanol–water partition coefficient (Wildman–Crippen LogP) is 3.18. The highest BCUT2D eigenvalue weighted by atomic mass is 32.2. The molecule has 0 radical (unpaired) electrons. The number of pyridine rings is 2. The summed E-state index contributed by atoms with van der Waals surface area (Å²) >= 11 is 0. The maximum absolute atomic E-state index is 15.1. The summed E-state index contributed by atoms with van der Waals surface area (Å²) in [6.45, 7) is 0.318. The molecule has 0 fully saturated rings. The monoisotopic (exact) mass is 531 g/mol. The quantitative estimate of drug-likeness (QED) is 0.316. The second-order valence-electron chi connectivity index (χ2n) is 8.25. The van der Waals surface area contributed by atoms with E-state index in [9.17, 15) is 17.6 Å². The standard InChI is InChI=1S/C24H23F2N5O5S/c1-27-37(33,34)30-22-21(26)14(8-10-28-22)11-17-18(13-31(2)3)16-7-6-15(12-20(16)36-24(17)32)35-23-19(25)5-4-9-29-23/h4-10,12,27H,11,13H2,1-3H3,(H,28,30). The van der Waals surface area contributed by atoms with E-state index in [2.05, 4.69) is 9.97 Å². The Kier molecular flexibility index (Phi) is 7.47. The van der Waals surface area contributed by atoms with Crippen molar-refractivity contribution >= 4 is 27.0 Å². The van der Waals surface area contributed by atoms with E-state index >= 15 is 4.39 Å². The van der Waals surface area contributed by atoms with Crippen molar-refractivity contribution in [3.63, 3.8) is 0 Å². The van der Waals surface area contributed by atoms with E-state index in [-0.39, 0.29) is 34.8 Å². The van der Waals surface area contributed by atoms with Gasteiger partial charge in [-0.1, -0.05) is 0 Å². The van der Waals surface area contributed by atoms with Gasteiger partial charge in [-0.15, -0.1) is 0 Å². The lowest BCUT2D eigenvalue weighted by molar-refractivity contribution is 0.400. The Balaban J connectivity index is 1.77. The fourth-order valence-electron chi connectivity index (χ4n) is 3.64. The zero-order valence-electron chi connectivity index (χ0n) is 20.1. The lowest BCUT2D eigenvalue weighted by Crippen LogP contribution is -2.27. The summed E-state index contributed by atoms with van der Waals surface area (Å²) in [6, 6.07) is 8.68. The molecule has 37 heavy (non-hydrogen) atoms. The molecule has 3 aromatic heterocycles. The number of rotatable bonds is 9. The number of nitrogens with one attached hydrogen (secondary N) is 2. The lowest BCUT2D eigenvalue weighted by atomic mass is 9.98. The van der Waals surface area contributed by atoms with Crippen LogP contribution >= 0.6 is 0 Å². The number of ether oxygens (including phenoxy) is 1. The third-order valence-corrected chi connectivity index (χ3v) is 6.34. The number of benzene rings is 1. The van der Waals surface area contributed by atoms with Crippen LogP contribution in [0.25, 0.3) is 11.0 Å². The Morgan fingerprint density at radius 3 is 2.57 bits per heavy atom. The molecule has 0 saturated carbocycles. The maximum Gasteiger partial charge on any atom is 0.340 e. The maximum atomic E-state index is 15.1. The molecular formula is C24H23F2N5O5S. The van der Waals surface area contributed by atoms with Crippen molar-refractivity contribution in [3.05, 3.63) is 87.5 Å². The number of aromatic nitrogens is 2. The number of fused-ring (bicyclic) bond motifs is 1. The van der Waals surface area contributed by atoms with E-state index in [4.69, 9.17) is 9.15 Å². The van der Waals surface area contributed by atoms with Gasteiger partial charge in [0.1, 0.15) is 11.3 Å². The van der Waals surface area contributed by atoms with E-state index in [1.807, 2.05) is 28.4 Å². The highest BCUT2D eigenvalue weighted by Gasteiger charge is 2.21. The topological polar surface area (TPSA) is 127 Å². The van der Waals surface area contributed by atoms with E-state index in [0.29, 0.717) is 17.5 Å². The fraction of sp³-hybridized carbons (Fsp3) is 0.208. The summed E-state index contributed by atoms with van der Waals surface area (Å²) in [5.41, 5.74) is 0.302. The molecule has 0 amide bonds. The Morgan fingerprint density at radius 1 is 1.08 bits per heavy atom. The molecule has 2 N–H and O–H groups in total. The van der Waals surface area contributed by atoms with Crippen LogP contribution in [0.1, 0.15) is 16.7 Å². The SMILES string of the molecule is CNS(=O)(=O)Nc1nccc(Cc2c(CN(C)C)c3ccc(Oc4ncccc4F)cc3oc2=O)c1F. The van der Waals surface area contributed by atoms with Crippen LogP contribution in [-0.2, 0) is 23.2 Å². The van der Waals surface area contributed by atoms with Crippen molar-refractivity contribution in [1.82, 2.24) is 19.6 Å². The summed E-state index contributed by atoms with van der Waals surface area (Å²) in [6.07, 6.45) is 2.44. The molecule has 194 valence electrons. The van der Waals surface area contributed by atoms with Crippen LogP contribution in [0.2, 0.25) is 0 Å². The normalized spacial score (nSPS) is 11.7. The smallest absolute Gasteiger partial charge is 0.340 e. The van der Waals surface area contributed by atoms with Crippen molar-refractivity contribution in [2.24, 2.45) is 0 Å².